The summed E-state index contributed by atoms with van der Waals surface area (Å²) in [5.41, 5.74) is 4.55. The first-order chi connectivity index (χ1) is 9.08. The topological polar surface area (TPSA) is 58.9 Å². The van der Waals surface area contributed by atoms with E-state index in [4.69, 9.17) is 4.52 Å². The van der Waals surface area contributed by atoms with Gasteiger partial charge in [0.2, 0.25) is 0 Å². The molecule has 0 spiro atoms. The van der Waals surface area contributed by atoms with E-state index in [1.54, 1.807) is 13.1 Å². The van der Waals surface area contributed by atoms with Crippen LogP contribution in [0.2, 0.25) is 0 Å². The molecule has 96 valence electrons. The number of rotatable bonds is 2. The average Bonchev–Trinajstić information content (AvgIpc) is 2.92. The van der Waals surface area contributed by atoms with Crippen LogP contribution in [0.3, 0.4) is 0 Å². The van der Waals surface area contributed by atoms with Crippen LogP contribution in [-0.4, -0.2) is 15.9 Å². The van der Waals surface area contributed by atoms with Gasteiger partial charge in [0.15, 0.2) is 5.78 Å². The fraction of sp³-hybridized carbons (Fsp3) is 0.200. The summed E-state index contributed by atoms with van der Waals surface area (Å²) in [4.78, 5) is 14.7. The number of nitrogens with one attached hydrogen (secondary N) is 1. The predicted octanol–water partition coefficient (Wildman–Crippen LogP) is 3.64. The van der Waals surface area contributed by atoms with Gasteiger partial charge in [0.25, 0.3) is 0 Å². The number of aryl methyl sites for hydroxylation is 2. The Hall–Kier alpha value is -2.36. The van der Waals surface area contributed by atoms with Crippen LogP contribution < -0.4 is 0 Å². The molecule has 0 unspecified atom stereocenters. The number of hydrogen-bond donors (Lipinski definition) is 1. The molecule has 0 amide bonds. The van der Waals surface area contributed by atoms with E-state index in [2.05, 4.69) is 10.1 Å². The molecule has 2 heterocycles. The number of ketones is 1. The van der Waals surface area contributed by atoms with Gasteiger partial charge in [-0.3, -0.25) is 4.79 Å². The van der Waals surface area contributed by atoms with Crippen molar-refractivity contribution in [3.63, 3.8) is 0 Å². The van der Waals surface area contributed by atoms with Crippen molar-refractivity contribution in [3.8, 4) is 11.1 Å². The maximum absolute atomic E-state index is 11.6. The van der Waals surface area contributed by atoms with Crippen molar-refractivity contribution in [1.29, 1.82) is 0 Å². The maximum Gasteiger partial charge on any atom is 0.161 e. The second-order valence-corrected chi connectivity index (χ2v) is 4.72. The number of benzene rings is 1. The van der Waals surface area contributed by atoms with E-state index in [9.17, 15) is 4.79 Å². The summed E-state index contributed by atoms with van der Waals surface area (Å²) in [7, 11) is 0. The van der Waals surface area contributed by atoms with E-state index < -0.39 is 0 Å². The molecule has 0 atom stereocenters. The molecule has 3 rings (SSSR count). The second-order valence-electron chi connectivity index (χ2n) is 4.72. The van der Waals surface area contributed by atoms with Gasteiger partial charge in [-0.05, 0) is 38.5 Å². The minimum Gasteiger partial charge on any atom is -0.361 e. The van der Waals surface area contributed by atoms with Gasteiger partial charge < -0.3 is 9.51 Å². The highest BCUT2D eigenvalue weighted by Crippen LogP contribution is 2.30. The third kappa shape index (κ3) is 1.76. The first-order valence-corrected chi connectivity index (χ1v) is 6.13. The Labute approximate surface area is 110 Å². The molecule has 0 aliphatic heterocycles. The van der Waals surface area contributed by atoms with E-state index in [-0.39, 0.29) is 5.78 Å². The first kappa shape index (κ1) is 11.7. The summed E-state index contributed by atoms with van der Waals surface area (Å²) in [6, 6.07) is 5.99. The SMILES string of the molecule is CC(=O)c1c[nH]c2ccc(-c3c(C)noc3C)cc12. The summed E-state index contributed by atoms with van der Waals surface area (Å²) in [5, 5.41) is 4.90. The lowest BCUT2D eigenvalue weighted by Crippen LogP contribution is -1.89. The minimum atomic E-state index is 0.0576. The smallest absolute Gasteiger partial charge is 0.161 e. The quantitative estimate of drug-likeness (QED) is 0.710. The highest BCUT2D eigenvalue weighted by atomic mass is 16.5. The monoisotopic (exact) mass is 254 g/mol. The molecule has 0 aliphatic rings. The molecular formula is C15H14N2O2. The van der Waals surface area contributed by atoms with Crippen molar-refractivity contribution in [1.82, 2.24) is 10.1 Å². The van der Waals surface area contributed by atoms with Gasteiger partial charge in [-0.2, -0.15) is 0 Å². The van der Waals surface area contributed by atoms with Crippen LogP contribution in [0.1, 0.15) is 28.7 Å². The normalized spacial score (nSPS) is 11.1. The summed E-state index contributed by atoms with van der Waals surface area (Å²) in [5.74, 6) is 0.846. The summed E-state index contributed by atoms with van der Waals surface area (Å²) >= 11 is 0. The van der Waals surface area contributed by atoms with Crippen LogP contribution >= 0.6 is 0 Å². The van der Waals surface area contributed by atoms with Gasteiger partial charge in [0.1, 0.15) is 5.76 Å². The average molecular weight is 254 g/mol. The Balaban J connectivity index is 2.26. The molecule has 0 saturated carbocycles. The van der Waals surface area contributed by atoms with Crippen LogP contribution in [0.4, 0.5) is 0 Å². The van der Waals surface area contributed by atoms with Crippen LogP contribution in [0.25, 0.3) is 22.0 Å². The fourth-order valence-electron chi connectivity index (χ4n) is 2.46. The highest BCUT2D eigenvalue weighted by molar-refractivity contribution is 6.07. The van der Waals surface area contributed by atoms with E-state index in [0.29, 0.717) is 5.56 Å². The molecule has 4 heteroatoms. The zero-order valence-corrected chi connectivity index (χ0v) is 11.1. The minimum absolute atomic E-state index is 0.0576. The van der Waals surface area contributed by atoms with Crippen LogP contribution in [-0.2, 0) is 0 Å². The number of nitrogens with zero attached hydrogens (tertiary/aromatic N) is 1. The van der Waals surface area contributed by atoms with Crippen molar-refractivity contribution in [3.05, 3.63) is 41.4 Å². The van der Waals surface area contributed by atoms with E-state index >= 15 is 0 Å². The lowest BCUT2D eigenvalue weighted by atomic mass is 10.0. The zero-order valence-electron chi connectivity index (χ0n) is 11.1. The molecule has 1 N–H and O–H groups in total. The molecule has 2 aromatic heterocycles. The predicted molar refractivity (Wildman–Crippen MR) is 73.3 cm³/mol. The molecule has 0 bridgehead atoms. The first-order valence-electron chi connectivity index (χ1n) is 6.13. The van der Waals surface area contributed by atoms with Crippen molar-refractivity contribution in [2.45, 2.75) is 20.8 Å². The molecule has 0 saturated heterocycles. The van der Waals surface area contributed by atoms with Gasteiger partial charge in [-0.25, -0.2) is 0 Å². The lowest BCUT2D eigenvalue weighted by Gasteiger charge is -2.01. The largest absolute Gasteiger partial charge is 0.361 e. The molecule has 1 aromatic carbocycles. The van der Waals surface area contributed by atoms with Gasteiger partial charge in [-0.15, -0.1) is 0 Å². The van der Waals surface area contributed by atoms with Crippen LogP contribution in [0.5, 0.6) is 0 Å². The third-order valence-electron chi connectivity index (χ3n) is 3.38. The van der Waals surface area contributed by atoms with Gasteiger partial charge in [-0.1, -0.05) is 11.2 Å². The molecule has 19 heavy (non-hydrogen) atoms. The van der Waals surface area contributed by atoms with Crippen molar-refractivity contribution in [2.75, 3.05) is 0 Å². The van der Waals surface area contributed by atoms with Crippen LogP contribution in [0, 0.1) is 13.8 Å². The number of hydrogen-bond acceptors (Lipinski definition) is 3. The standard InChI is InChI=1S/C15H14N2O2/c1-8-15(10(3)19-17-8)11-4-5-14-12(6-11)13(7-16-14)9(2)18/h4-7,16H,1-3H3. The number of Topliss-reactive ketones (excluding diaryl/α,β-unsaturated/α-hetero) is 1. The Morgan fingerprint density at radius 1 is 1.32 bits per heavy atom. The third-order valence-corrected chi connectivity index (χ3v) is 3.38. The Morgan fingerprint density at radius 3 is 2.74 bits per heavy atom. The Bertz CT molecular complexity index is 761. The molecule has 4 nitrogen and oxygen atoms in total. The summed E-state index contributed by atoms with van der Waals surface area (Å²) in [6.07, 6.45) is 1.75. The van der Waals surface area contributed by atoms with E-state index in [1.807, 2.05) is 32.0 Å². The molecule has 3 aromatic rings. The van der Waals surface area contributed by atoms with Gasteiger partial charge in [0.05, 0.1) is 5.69 Å². The summed E-state index contributed by atoms with van der Waals surface area (Å²) < 4.78 is 5.20. The highest BCUT2D eigenvalue weighted by Gasteiger charge is 2.14. The second kappa shape index (κ2) is 4.09. The molecule has 0 aliphatic carbocycles. The van der Waals surface area contributed by atoms with E-state index in [1.165, 1.54) is 0 Å². The Morgan fingerprint density at radius 2 is 2.11 bits per heavy atom. The number of aromatic amines is 1. The van der Waals surface area contributed by atoms with Crippen molar-refractivity contribution >= 4 is 16.7 Å². The fourth-order valence-corrected chi connectivity index (χ4v) is 2.46. The molecule has 0 fully saturated rings. The number of fused-ring (bicyclic) bond motifs is 1. The lowest BCUT2D eigenvalue weighted by molar-refractivity contribution is 0.101. The van der Waals surface area contributed by atoms with Crippen molar-refractivity contribution in [2.24, 2.45) is 0 Å². The molecule has 0 radical (unpaired) electrons. The number of carbonyl (C=O) groups excluding carboxylic acids is 1. The molecular weight excluding hydrogens is 240 g/mol. The van der Waals surface area contributed by atoms with Gasteiger partial charge in [0, 0.05) is 28.2 Å². The van der Waals surface area contributed by atoms with Crippen LogP contribution in [0.15, 0.2) is 28.9 Å². The number of aromatic nitrogens is 2. The van der Waals surface area contributed by atoms with E-state index in [0.717, 1.165) is 33.5 Å². The Kier molecular flexibility index (Phi) is 2.52. The number of carbonyl (C=O) groups is 1. The van der Waals surface area contributed by atoms with Crippen molar-refractivity contribution < 1.29 is 9.32 Å². The zero-order chi connectivity index (χ0) is 13.6. The maximum atomic E-state index is 11.6. The van der Waals surface area contributed by atoms with Gasteiger partial charge >= 0.3 is 0 Å². The summed E-state index contributed by atoms with van der Waals surface area (Å²) in [6.45, 7) is 5.38. The number of H-pyrrole nitrogens is 1.